The molecule has 3 rings (SSSR count). The summed E-state index contributed by atoms with van der Waals surface area (Å²) in [5.41, 5.74) is 3.18. The molecule has 0 radical (unpaired) electrons. The van der Waals surface area contributed by atoms with Crippen molar-refractivity contribution in [1.82, 2.24) is 19.7 Å². The fourth-order valence-corrected chi connectivity index (χ4v) is 2.97. The number of aliphatic hydroxyl groups excluding tert-OH is 1. The summed E-state index contributed by atoms with van der Waals surface area (Å²) in [7, 11) is 0. The van der Waals surface area contributed by atoms with Crippen LogP contribution in [0.3, 0.4) is 0 Å². The average molecular weight is 340 g/mol. The number of pyridine rings is 1. The van der Waals surface area contributed by atoms with Gasteiger partial charge in [-0.15, -0.1) is 0 Å². The Labute approximate surface area is 147 Å². The van der Waals surface area contributed by atoms with E-state index in [-0.39, 0.29) is 0 Å². The molecule has 0 bridgehead atoms. The van der Waals surface area contributed by atoms with Gasteiger partial charge in [-0.2, -0.15) is 5.10 Å². The van der Waals surface area contributed by atoms with Crippen LogP contribution in [0.2, 0.25) is 0 Å². The van der Waals surface area contributed by atoms with Crippen LogP contribution in [0.15, 0.2) is 53.4 Å². The molecule has 0 saturated heterocycles. The lowest BCUT2D eigenvalue weighted by Crippen LogP contribution is -2.34. The van der Waals surface area contributed by atoms with E-state index in [0.29, 0.717) is 19.6 Å². The number of furan rings is 1. The molecule has 6 nitrogen and oxygen atoms in total. The zero-order chi connectivity index (χ0) is 17.6. The van der Waals surface area contributed by atoms with Gasteiger partial charge in [-0.25, -0.2) is 0 Å². The van der Waals surface area contributed by atoms with Crippen LogP contribution in [0.1, 0.15) is 22.7 Å². The highest BCUT2D eigenvalue weighted by Crippen LogP contribution is 2.12. The van der Waals surface area contributed by atoms with Crippen molar-refractivity contribution in [3.8, 4) is 0 Å². The first-order valence-corrected chi connectivity index (χ1v) is 8.43. The van der Waals surface area contributed by atoms with E-state index in [4.69, 9.17) is 4.42 Å². The molecule has 1 N–H and O–H groups in total. The summed E-state index contributed by atoms with van der Waals surface area (Å²) in [6.45, 7) is 6.33. The fraction of sp³-hybridized carbons (Fsp3) is 0.368. The van der Waals surface area contributed by atoms with Crippen molar-refractivity contribution in [3.63, 3.8) is 0 Å². The molecule has 3 aromatic rings. The number of aromatic nitrogens is 3. The minimum absolute atomic E-state index is 0.477. The molecule has 0 saturated carbocycles. The van der Waals surface area contributed by atoms with Crippen LogP contribution in [0.25, 0.3) is 0 Å². The van der Waals surface area contributed by atoms with Gasteiger partial charge in [0, 0.05) is 31.2 Å². The van der Waals surface area contributed by atoms with Gasteiger partial charge in [0.25, 0.3) is 0 Å². The fourth-order valence-electron chi connectivity index (χ4n) is 2.97. The van der Waals surface area contributed by atoms with E-state index < -0.39 is 6.10 Å². The Hall–Kier alpha value is -2.44. The van der Waals surface area contributed by atoms with Gasteiger partial charge in [0.15, 0.2) is 0 Å². The second-order valence-corrected chi connectivity index (χ2v) is 6.37. The Kier molecular flexibility index (Phi) is 5.63. The molecule has 0 unspecified atom stereocenters. The van der Waals surface area contributed by atoms with E-state index in [9.17, 15) is 5.11 Å². The predicted octanol–water partition coefficient (Wildman–Crippen LogP) is 2.55. The van der Waals surface area contributed by atoms with Gasteiger partial charge in [-0.1, -0.05) is 0 Å². The summed E-state index contributed by atoms with van der Waals surface area (Å²) >= 11 is 0. The van der Waals surface area contributed by atoms with E-state index in [2.05, 4.69) is 15.0 Å². The number of rotatable bonds is 8. The summed E-state index contributed by atoms with van der Waals surface area (Å²) < 4.78 is 7.33. The van der Waals surface area contributed by atoms with Crippen molar-refractivity contribution in [2.75, 3.05) is 6.54 Å². The molecule has 25 heavy (non-hydrogen) atoms. The molecule has 0 aliphatic carbocycles. The highest BCUT2D eigenvalue weighted by molar-refractivity contribution is 5.10. The van der Waals surface area contributed by atoms with Crippen molar-refractivity contribution in [2.45, 2.75) is 39.6 Å². The molecule has 0 aromatic carbocycles. The maximum Gasteiger partial charge on any atom is 0.117 e. The van der Waals surface area contributed by atoms with Crippen LogP contribution in [0, 0.1) is 13.8 Å². The minimum Gasteiger partial charge on any atom is -0.468 e. The van der Waals surface area contributed by atoms with Gasteiger partial charge in [0.05, 0.1) is 31.2 Å². The van der Waals surface area contributed by atoms with Crippen LogP contribution in [0.4, 0.5) is 0 Å². The Morgan fingerprint density at radius 3 is 2.64 bits per heavy atom. The summed E-state index contributed by atoms with van der Waals surface area (Å²) in [4.78, 5) is 6.23. The lowest BCUT2D eigenvalue weighted by Gasteiger charge is -2.24. The summed E-state index contributed by atoms with van der Waals surface area (Å²) in [6, 6.07) is 9.83. The van der Waals surface area contributed by atoms with Gasteiger partial charge in [-0.3, -0.25) is 14.6 Å². The maximum atomic E-state index is 10.6. The third-order valence-electron chi connectivity index (χ3n) is 4.07. The van der Waals surface area contributed by atoms with Crippen molar-refractivity contribution >= 4 is 0 Å². The molecule has 3 heterocycles. The summed E-state index contributed by atoms with van der Waals surface area (Å²) in [5.74, 6) is 0.882. The first-order valence-electron chi connectivity index (χ1n) is 8.43. The lowest BCUT2D eigenvalue weighted by atomic mass is 10.2. The van der Waals surface area contributed by atoms with Crippen LogP contribution >= 0.6 is 0 Å². The van der Waals surface area contributed by atoms with Gasteiger partial charge < -0.3 is 9.52 Å². The zero-order valence-electron chi connectivity index (χ0n) is 14.7. The van der Waals surface area contributed by atoms with Gasteiger partial charge in [0.2, 0.25) is 0 Å². The van der Waals surface area contributed by atoms with Crippen LogP contribution < -0.4 is 0 Å². The van der Waals surface area contributed by atoms with E-state index in [1.165, 1.54) is 0 Å². The quantitative estimate of drug-likeness (QED) is 0.682. The number of aryl methyl sites for hydroxylation is 2. The molecule has 3 aromatic heterocycles. The highest BCUT2D eigenvalue weighted by Gasteiger charge is 2.16. The molecule has 132 valence electrons. The number of nitrogens with zero attached hydrogens (tertiary/aromatic N) is 4. The van der Waals surface area contributed by atoms with Crippen molar-refractivity contribution in [1.29, 1.82) is 0 Å². The van der Waals surface area contributed by atoms with E-state index >= 15 is 0 Å². The standard InChI is InChI=1S/C19H24N4O2/c1-15-10-16(2)23(21-15)13-18(24)12-22(14-19-4-3-9-25-19)11-17-5-7-20-8-6-17/h3-10,18,24H,11-14H2,1-2H3/t18-/m0/s1. The first-order chi connectivity index (χ1) is 12.1. The number of hydrogen-bond donors (Lipinski definition) is 1. The van der Waals surface area contributed by atoms with E-state index in [0.717, 1.165) is 29.3 Å². The smallest absolute Gasteiger partial charge is 0.117 e. The monoisotopic (exact) mass is 340 g/mol. The maximum absolute atomic E-state index is 10.6. The minimum atomic E-state index is -0.519. The molecule has 0 amide bonds. The Balaban J connectivity index is 1.66. The zero-order valence-corrected chi connectivity index (χ0v) is 14.7. The predicted molar refractivity (Wildman–Crippen MR) is 94.8 cm³/mol. The van der Waals surface area contributed by atoms with Crippen LogP contribution in [-0.2, 0) is 19.6 Å². The van der Waals surface area contributed by atoms with Gasteiger partial charge >= 0.3 is 0 Å². The molecule has 0 fully saturated rings. The second-order valence-electron chi connectivity index (χ2n) is 6.37. The van der Waals surface area contributed by atoms with Gasteiger partial charge in [-0.05, 0) is 49.7 Å². The SMILES string of the molecule is Cc1cc(C)n(C[C@@H](O)CN(Cc2ccncc2)Cc2ccco2)n1. The Morgan fingerprint density at radius 1 is 1.20 bits per heavy atom. The molecular formula is C19H24N4O2. The first kappa shape index (κ1) is 17.4. The van der Waals surface area contributed by atoms with E-state index in [1.54, 1.807) is 18.7 Å². The number of aliphatic hydroxyl groups is 1. The molecule has 6 heteroatoms. The number of hydrogen-bond acceptors (Lipinski definition) is 5. The third-order valence-corrected chi connectivity index (χ3v) is 4.07. The Morgan fingerprint density at radius 2 is 2.00 bits per heavy atom. The summed E-state index contributed by atoms with van der Waals surface area (Å²) in [5, 5.41) is 15.0. The molecule has 0 aliphatic heterocycles. The topological polar surface area (TPSA) is 67.3 Å². The van der Waals surface area contributed by atoms with Gasteiger partial charge in [0.1, 0.15) is 5.76 Å². The third kappa shape index (κ3) is 5.01. The highest BCUT2D eigenvalue weighted by atomic mass is 16.3. The van der Waals surface area contributed by atoms with Crippen molar-refractivity contribution in [3.05, 3.63) is 71.7 Å². The molecule has 1 atom stereocenters. The van der Waals surface area contributed by atoms with Crippen molar-refractivity contribution in [2.24, 2.45) is 0 Å². The average Bonchev–Trinajstić information content (AvgIpc) is 3.18. The largest absolute Gasteiger partial charge is 0.468 e. The molecule has 0 spiro atoms. The Bertz CT molecular complexity index is 768. The van der Waals surface area contributed by atoms with Crippen molar-refractivity contribution < 1.29 is 9.52 Å². The van der Waals surface area contributed by atoms with E-state index in [1.807, 2.05) is 48.9 Å². The summed E-state index contributed by atoms with van der Waals surface area (Å²) in [6.07, 6.45) is 4.72. The molecular weight excluding hydrogens is 316 g/mol. The normalized spacial score (nSPS) is 12.6. The lowest BCUT2D eigenvalue weighted by molar-refractivity contribution is 0.0839. The second kappa shape index (κ2) is 8.09. The molecule has 0 aliphatic rings. The van der Waals surface area contributed by atoms with Crippen LogP contribution in [0.5, 0.6) is 0 Å². The van der Waals surface area contributed by atoms with Crippen LogP contribution in [-0.4, -0.2) is 37.4 Å².